The molecule has 5 nitrogen and oxygen atoms in total. The van der Waals surface area contributed by atoms with Crippen LogP contribution in [0.5, 0.6) is 0 Å². The van der Waals surface area contributed by atoms with E-state index in [9.17, 15) is 0 Å². The number of hydrogen-bond acceptors (Lipinski definition) is 5. The minimum Gasteiger partial charge on any atom is -0.382 e. The lowest BCUT2D eigenvalue weighted by molar-refractivity contribution is 0.147. The van der Waals surface area contributed by atoms with Gasteiger partial charge in [0.15, 0.2) is 0 Å². The fraction of sp³-hybridized carbons (Fsp3) is 0.714. The highest BCUT2D eigenvalue weighted by atomic mass is 16.5. The Kier molecular flexibility index (Phi) is 7.18. The summed E-state index contributed by atoms with van der Waals surface area (Å²) in [6.07, 6.45) is 1.82. The molecule has 5 heteroatoms. The molecule has 1 heterocycles. The van der Waals surface area contributed by atoms with Gasteiger partial charge in [-0.3, -0.25) is 0 Å². The molecule has 0 aliphatic rings. The highest BCUT2D eigenvalue weighted by Crippen LogP contribution is 2.20. The van der Waals surface area contributed by atoms with Crippen molar-refractivity contribution in [3.8, 4) is 0 Å². The first-order valence-corrected chi connectivity index (χ1v) is 7.15. The normalized spacial score (nSPS) is 10.5. The molecule has 1 aromatic heterocycles. The van der Waals surface area contributed by atoms with Gasteiger partial charge in [-0.25, -0.2) is 9.97 Å². The van der Waals surface area contributed by atoms with E-state index in [1.807, 2.05) is 13.8 Å². The van der Waals surface area contributed by atoms with E-state index in [4.69, 9.17) is 4.74 Å². The predicted octanol–water partition coefficient (Wildman–Crippen LogP) is 2.62. The van der Waals surface area contributed by atoms with Crippen LogP contribution in [0.3, 0.4) is 0 Å². The summed E-state index contributed by atoms with van der Waals surface area (Å²) in [5.74, 6) is 2.73. The molecule has 0 amide bonds. The second-order valence-corrected chi connectivity index (χ2v) is 4.32. The summed E-state index contributed by atoms with van der Waals surface area (Å²) in [4.78, 5) is 9.06. The first-order chi connectivity index (χ1) is 9.22. The van der Waals surface area contributed by atoms with Crippen LogP contribution in [-0.2, 0) is 11.2 Å². The third-order valence-electron chi connectivity index (χ3n) is 2.81. The summed E-state index contributed by atoms with van der Waals surface area (Å²) in [5.41, 5.74) is 1.08. The maximum Gasteiger partial charge on any atom is 0.134 e. The average Bonchev–Trinajstić information content (AvgIpc) is 2.42. The number of nitrogens with zero attached hydrogens (tertiary/aromatic N) is 2. The molecule has 19 heavy (non-hydrogen) atoms. The van der Waals surface area contributed by atoms with E-state index < -0.39 is 0 Å². The molecule has 0 aliphatic carbocycles. The predicted molar refractivity (Wildman–Crippen MR) is 79.9 cm³/mol. The Bertz CT molecular complexity index is 382. The summed E-state index contributed by atoms with van der Waals surface area (Å²) in [7, 11) is 0. The van der Waals surface area contributed by atoms with Crippen molar-refractivity contribution in [2.24, 2.45) is 0 Å². The molecule has 0 aromatic carbocycles. The van der Waals surface area contributed by atoms with Crippen LogP contribution >= 0.6 is 0 Å². The van der Waals surface area contributed by atoms with E-state index in [-0.39, 0.29) is 0 Å². The number of ether oxygens (including phenoxy) is 1. The molecule has 0 unspecified atom stereocenters. The quantitative estimate of drug-likeness (QED) is 0.673. The Balaban J connectivity index is 2.67. The van der Waals surface area contributed by atoms with Gasteiger partial charge in [0, 0.05) is 38.3 Å². The highest BCUT2D eigenvalue weighted by Gasteiger charge is 2.09. The molecule has 1 rings (SSSR count). The minimum atomic E-state index is 0.775. The van der Waals surface area contributed by atoms with Crippen LogP contribution < -0.4 is 10.6 Å². The maximum atomic E-state index is 5.32. The molecule has 0 atom stereocenters. The zero-order chi connectivity index (χ0) is 14.1. The van der Waals surface area contributed by atoms with E-state index in [1.54, 1.807) is 0 Å². The lowest BCUT2D eigenvalue weighted by atomic mass is 10.2. The van der Waals surface area contributed by atoms with Gasteiger partial charge < -0.3 is 15.4 Å². The first kappa shape index (κ1) is 15.7. The van der Waals surface area contributed by atoms with E-state index in [0.29, 0.717) is 0 Å². The Labute approximate surface area is 116 Å². The van der Waals surface area contributed by atoms with E-state index in [0.717, 1.165) is 62.2 Å². The summed E-state index contributed by atoms with van der Waals surface area (Å²) >= 11 is 0. The van der Waals surface area contributed by atoms with Crippen LogP contribution in [0.1, 0.15) is 38.6 Å². The number of nitrogens with one attached hydrogen (secondary N) is 2. The lowest BCUT2D eigenvalue weighted by Gasteiger charge is -2.14. The average molecular weight is 266 g/mol. The van der Waals surface area contributed by atoms with Crippen LogP contribution in [-0.4, -0.2) is 36.3 Å². The SMILES string of the molecule is CCNc1nc(CC)nc(NCCCOCC)c1C. The summed E-state index contributed by atoms with van der Waals surface area (Å²) in [5, 5.41) is 6.66. The topological polar surface area (TPSA) is 59.1 Å². The molecular weight excluding hydrogens is 240 g/mol. The highest BCUT2D eigenvalue weighted by molar-refractivity contribution is 5.57. The van der Waals surface area contributed by atoms with Crippen molar-refractivity contribution in [2.45, 2.75) is 40.5 Å². The van der Waals surface area contributed by atoms with Gasteiger partial charge in [-0.2, -0.15) is 0 Å². The second-order valence-electron chi connectivity index (χ2n) is 4.32. The van der Waals surface area contributed by atoms with Crippen molar-refractivity contribution in [1.29, 1.82) is 0 Å². The monoisotopic (exact) mass is 266 g/mol. The third kappa shape index (κ3) is 5.03. The molecule has 0 radical (unpaired) electrons. The third-order valence-corrected chi connectivity index (χ3v) is 2.81. The van der Waals surface area contributed by atoms with Gasteiger partial charge >= 0.3 is 0 Å². The Hall–Kier alpha value is -1.36. The van der Waals surface area contributed by atoms with Crippen molar-refractivity contribution in [1.82, 2.24) is 9.97 Å². The van der Waals surface area contributed by atoms with Crippen molar-refractivity contribution in [3.05, 3.63) is 11.4 Å². The standard InChI is InChI=1S/C14H26N4O/c1-5-12-17-13(15-6-2)11(4)14(18-12)16-9-8-10-19-7-3/h5-10H2,1-4H3,(H2,15,16,17,18). The first-order valence-electron chi connectivity index (χ1n) is 7.15. The van der Waals surface area contributed by atoms with Crippen molar-refractivity contribution >= 4 is 11.6 Å². The summed E-state index contributed by atoms with van der Waals surface area (Å²) in [6, 6.07) is 0. The van der Waals surface area contributed by atoms with Crippen molar-refractivity contribution in [3.63, 3.8) is 0 Å². The molecular formula is C14H26N4O. The van der Waals surface area contributed by atoms with E-state index in [1.165, 1.54) is 0 Å². The van der Waals surface area contributed by atoms with Crippen LogP contribution in [0.4, 0.5) is 11.6 Å². The van der Waals surface area contributed by atoms with Gasteiger partial charge in [0.25, 0.3) is 0 Å². The van der Waals surface area contributed by atoms with Gasteiger partial charge in [0.1, 0.15) is 17.5 Å². The summed E-state index contributed by atoms with van der Waals surface area (Å²) in [6.45, 7) is 11.5. The van der Waals surface area contributed by atoms with E-state index >= 15 is 0 Å². The lowest BCUT2D eigenvalue weighted by Crippen LogP contribution is -2.12. The van der Waals surface area contributed by atoms with Gasteiger partial charge in [0.2, 0.25) is 0 Å². The zero-order valence-electron chi connectivity index (χ0n) is 12.5. The molecule has 108 valence electrons. The second kappa shape index (κ2) is 8.69. The van der Waals surface area contributed by atoms with Gasteiger partial charge in [-0.15, -0.1) is 0 Å². The minimum absolute atomic E-state index is 0.775. The van der Waals surface area contributed by atoms with Crippen LogP contribution in [0.15, 0.2) is 0 Å². The largest absolute Gasteiger partial charge is 0.382 e. The van der Waals surface area contributed by atoms with Crippen molar-refractivity contribution < 1.29 is 4.74 Å². The fourth-order valence-electron chi connectivity index (χ4n) is 1.76. The number of aryl methyl sites for hydroxylation is 1. The fourth-order valence-corrected chi connectivity index (χ4v) is 1.76. The zero-order valence-corrected chi connectivity index (χ0v) is 12.5. The molecule has 0 fully saturated rings. The molecule has 0 saturated heterocycles. The number of rotatable bonds is 9. The van der Waals surface area contributed by atoms with Crippen LogP contribution in [0.2, 0.25) is 0 Å². The molecule has 0 spiro atoms. The molecule has 1 aromatic rings. The number of hydrogen-bond donors (Lipinski definition) is 2. The van der Waals surface area contributed by atoms with Gasteiger partial charge in [-0.1, -0.05) is 6.92 Å². The van der Waals surface area contributed by atoms with Gasteiger partial charge in [-0.05, 0) is 27.2 Å². The molecule has 0 aliphatic heterocycles. The van der Waals surface area contributed by atoms with Crippen molar-refractivity contribution in [2.75, 3.05) is 36.9 Å². The number of anilines is 2. The molecule has 0 saturated carbocycles. The number of aromatic nitrogens is 2. The van der Waals surface area contributed by atoms with E-state index in [2.05, 4.69) is 34.4 Å². The molecule has 0 bridgehead atoms. The Morgan fingerprint density at radius 3 is 2.32 bits per heavy atom. The molecule has 2 N–H and O–H groups in total. The summed E-state index contributed by atoms with van der Waals surface area (Å²) < 4.78 is 5.32. The van der Waals surface area contributed by atoms with Crippen LogP contribution in [0, 0.1) is 6.92 Å². The Morgan fingerprint density at radius 2 is 1.74 bits per heavy atom. The maximum absolute atomic E-state index is 5.32. The van der Waals surface area contributed by atoms with Crippen LogP contribution in [0.25, 0.3) is 0 Å². The van der Waals surface area contributed by atoms with Gasteiger partial charge in [0.05, 0.1) is 0 Å². The Morgan fingerprint density at radius 1 is 1.05 bits per heavy atom. The smallest absolute Gasteiger partial charge is 0.134 e.